The highest BCUT2D eigenvalue weighted by atomic mass is 79.9. The minimum atomic E-state index is -0.826. The Morgan fingerprint density at radius 2 is 2.32 bits per heavy atom. The van der Waals surface area contributed by atoms with Gasteiger partial charge in [-0.25, -0.2) is 4.98 Å². The van der Waals surface area contributed by atoms with E-state index in [9.17, 15) is 14.9 Å². The first kappa shape index (κ1) is 13.7. The Morgan fingerprint density at radius 3 is 2.79 bits per heavy atom. The van der Waals surface area contributed by atoms with Crippen molar-refractivity contribution in [3.8, 4) is 0 Å². The molecule has 1 aromatic rings. The number of carbonyl (C=O) groups is 1. The summed E-state index contributed by atoms with van der Waals surface area (Å²) < 4.78 is 0.500. The van der Waals surface area contributed by atoms with Crippen molar-refractivity contribution < 1.29 is 14.8 Å². The van der Waals surface area contributed by atoms with E-state index in [1.165, 1.54) is 12.3 Å². The van der Waals surface area contributed by atoms with Gasteiger partial charge in [0.15, 0.2) is 0 Å². The zero-order valence-electron chi connectivity index (χ0n) is 10.1. The van der Waals surface area contributed by atoms with Crippen LogP contribution >= 0.6 is 15.9 Å². The number of carboxylic acids is 1. The topological polar surface area (TPSA) is 96.6 Å². The highest BCUT2D eigenvalue weighted by molar-refractivity contribution is 9.10. The minimum absolute atomic E-state index is 0.0152. The standard InChI is InChI=1S/C11H12BrN3O4/c1-6-4-14(5-8(6)11(16)17)10-9(12)2-7(3-13-10)15(18)19/h2-3,6,8H,4-5H2,1H3,(H,16,17)/t6-,8-/m1/s1. The summed E-state index contributed by atoms with van der Waals surface area (Å²) in [6.07, 6.45) is 1.18. The van der Waals surface area contributed by atoms with E-state index in [4.69, 9.17) is 5.11 Å². The molecule has 19 heavy (non-hydrogen) atoms. The van der Waals surface area contributed by atoms with E-state index in [0.717, 1.165) is 0 Å². The highest BCUT2D eigenvalue weighted by Crippen LogP contribution is 2.33. The lowest BCUT2D eigenvalue weighted by Crippen LogP contribution is -2.24. The Labute approximate surface area is 117 Å². The molecule has 7 nitrogen and oxygen atoms in total. The van der Waals surface area contributed by atoms with Crippen molar-refractivity contribution in [2.24, 2.45) is 11.8 Å². The van der Waals surface area contributed by atoms with Gasteiger partial charge in [-0.15, -0.1) is 0 Å². The number of rotatable bonds is 3. The maximum absolute atomic E-state index is 11.1. The second-order valence-corrected chi connectivity index (χ2v) is 5.44. The van der Waals surface area contributed by atoms with Crippen molar-refractivity contribution >= 4 is 33.4 Å². The highest BCUT2D eigenvalue weighted by Gasteiger charge is 2.36. The molecule has 2 heterocycles. The number of anilines is 1. The molecule has 2 rings (SSSR count). The van der Waals surface area contributed by atoms with Crippen LogP contribution in [0, 0.1) is 22.0 Å². The van der Waals surface area contributed by atoms with Crippen LogP contribution in [-0.2, 0) is 4.79 Å². The quantitative estimate of drug-likeness (QED) is 0.672. The van der Waals surface area contributed by atoms with E-state index in [-0.39, 0.29) is 11.6 Å². The second kappa shape index (κ2) is 5.12. The molecule has 0 spiro atoms. The molecule has 1 N–H and O–H groups in total. The molecule has 0 aromatic carbocycles. The van der Waals surface area contributed by atoms with Gasteiger partial charge in [-0.1, -0.05) is 6.92 Å². The van der Waals surface area contributed by atoms with Crippen molar-refractivity contribution in [2.45, 2.75) is 6.92 Å². The Morgan fingerprint density at radius 1 is 1.63 bits per heavy atom. The van der Waals surface area contributed by atoms with Gasteiger partial charge in [0.1, 0.15) is 12.0 Å². The van der Waals surface area contributed by atoms with E-state index >= 15 is 0 Å². The Hall–Kier alpha value is -1.70. The number of aromatic nitrogens is 1. The molecule has 0 unspecified atom stereocenters. The first-order valence-electron chi connectivity index (χ1n) is 5.68. The number of hydrogen-bond acceptors (Lipinski definition) is 5. The first-order chi connectivity index (χ1) is 8.90. The number of pyridine rings is 1. The number of carboxylic acid groups (broad SMARTS) is 1. The second-order valence-electron chi connectivity index (χ2n) is 4.58. The summed E-state index contributed by atoms with van der Waals surface area (Å²) in [5.41, 5.74) is -0.0994. The number of halogens is 1. The number of aliphatic carboxylic acids is 1. The molecule has 1 aliphatic rings. The zero-order valence-corrected chi connectivity index (χ0v) is 11.7. The van der Waals surface area contributed by atoms with Crippen molar-refractivity contribution in [3.63, 3.8) is 0 Å². The van der Waals surface area contributed by atoms with Crippen LogP contribution in [0.2, 0.25) is 0 Å². The molecule has 0 amide bonds. The fourth-order valence-corrected chi connectivity index (χ4v) is 2.80. The average Bonchev–Trinajstić information content (AvgIpc) is 2.71. The summed E-state index contributed by atoms with van der Waals surface area (Å²) in [5, 5.41) is 19.7. The molecule has 1 aromatic heterocycles. The fourth-order valence-electron chi connectivity index (χ4n) is 2.21. The van der Waals surface area contributed by atoms with Gasteiger partial charge < -0.3 is 10.0 Å². The molecule has 1 saturated heterocycles. The molecule has 102 valence electrons. The number of nitro groups is 1. The monoisotopic (exact) mass is 329 g/mol. The maximum Gasteiger partial charge on any atom is 0.308 e. The van der Waals surface area contributed by atoms with Gasteiger partial charge in [0, 0.05) is 19.2 Å². The summed E-state index contributed by atoms with van der Waals surface area (Å²) in [6, 6.07) is 1.38. The first-order valence-corrected chi connectivity index (χ1v) is 6.47. The van der Waals surface area contributed by atoms with Crippen LogP contribution in [0.5, 0.6) is 0 Å². The lowest BCUT2D eigenvalue weighted by molar-refractivity contribution is -0.385. The maximum atomic E-state index is 11.1. The Kier molecular flexibility index (Phi) is 3.70. The summed E-state index contributed by atoms with van der Waals surface area (Å²) in [6.45, 7) is 2.80. The van der Waals surface area contributed by atoms with E-state index in [2.05, 4.69) is 20.9 Å². The van der Waals surface area contributed by atoms with Crippen molar-refractivity contribution in [3.05, 3.63) is 26.9 Å². The Bertz CT molecular complexity index is 537. The van der Waals surface area contributed by atoms with Gasteiger partial charge in [0.05, 0.1) is 15.3 Å². The van der Waals surface area contributed by atoms with Crippen LogP contribution < -0.4 is 4.90 Å². The molecular formula is C11H12BrN3O4. The van der Waals surface area contributed by atoms with E-state index < -0.39 is 16.8 Å². The third kappa shape index (κ3) is 2.67. The van der Waals surface area contributed by atoms with Gasteiger partial charge in [0.2, 0.25) is 0 Å². The van der Waals surface area contributed by atoms with E-state index in [1.54, 1.807) is 0 Å². The predicted octanol–water partition coefficient (Wildman–Crippen LogP) is 1.91. The van der Waals surface area contributed by atoms with Crippen molar-refractivity contribution in [1.29, 1.82) is 0 Å². The lowest BCUT2D eigenvalue weighted by Gasteiger charge is -2.18. The minimum Gasteiger partial charge on any atom is -0.481 e. The van der Waals surface area contributed by atoms with Gasteiger partial charge in [-0.2, -0.15) is 0 Å². The van der Waals surface area contributed by atoms with Crippen LogP contribution in [0.1, 0.15) is 6.92 Å². The molecule has 1 fully saturated rings. The largest absolute Gasteiger partial charge is 0.481 e. The van der Waals surface area contributed by atoms with Gasteiger partial charge in [-0.05, 0) is 21.8 Å². The molecule has 0 saturated carbocycles. The Balaban J connectivity index is 2.24. The molecule has 8 heteroatoms. The third-order valence-electron chi connectivity index (χ3n) is 3.25. The number of nitrogens with zero attached hydrogens (tertiary/aromatic N) is 3. The van der Waals surface area contributed by atoms with Crippen LogP contribution in [0.25, 0.3) is 0 Å². The SMILES string of the molecule is C[C@@H]1CN(c2ncc([N+](=O)[O-])cc2Br)C[C@H]1C(=O)O. The van der Waals surface area contributed by atoms with Crippen molar-refractivity contribution in [1.82, 2.24) is 4.98 Å². The normalized spacial score (nSPS) is 22.5. The molecule has 0 bridgehead atoms. The van der Waals surface area contributed by atoms with Gasteiger partial charge >= 0.3 is 5.97 Å². The average molecular weight is 330 g/mol. The third-order valence-corrected chi connectivity index (χ3v) is 3.83. The molecule has 2 atom stereocenters. The predicted molar refractivity (Wildman–Crippen MR) is 71.1 cm³/mol. The van der Waals surface area contributed by atoms with Crippen LogP contribution in [0.3, 0.4) is 0 Å². The fraction of sp³-hybridized carbons (Fsp3) is 0.455. The van der Waals surface area contributed by atoms with E-state index in [1.807, 2.05) is 11.8 Å². The van der Waals surface area contributed by atoms with Gasteiger partial charge in [0.25, 0.3) is 5.69 Å². The molecule has 0 radical (unpaired) electrons. The lowest BCUT2D eigenvalue weighted by atomic mass is 9.99. The summed E-state index contributed by atoms with van der Waals surface area (Å²) in [4.78, 5) is 27.1. The van der Waals surface area contributed by atoms with Crippen molar-refractivity contribution in [2.75, 3.05) is 18.0 Å². The van der Waals surface area contributed by atoms with E-state index in [0.29, 0.717) is 23.4 Å². The molecule has 1 aliphatic heterocycles. The smallest absolute Gasteiger partial charge is 0.308 e. The number of hydrogen-bond donors (Lipinski definition) is 1. The summed E-state index contributed by atoms with van der Waals surface area (Å²) in [5.74, 6) is -0.709. The summed E-state index contributed by atoms with van der Waals surface area (Å²) in [7, 11) is 0. The summed E-state index contributed by atoms with van der Waals surface area (Å²) >= 11 is 3.25. The zero-order chi connectivity index (χ0) is 14.2. The molecular weight excluding hydrogens is 318 g/mol. The van der Waals surface area contributed by atoms with Crippen LogP contribution in [-0.4, -0.2) is 34.1 Å². The molecule has 0 aliphatic carbocycles. The van der Waals surface area contributed by atoms with Crippen LogP contribution in [0.15, 0.2) is 16.7 Å². The van der Waals surface area contributed by atoms with Crippen LogP contribution in [0.4, 0.5) is 11.5 Å². The van der Waals surface area contributed by atoms with Gasteiger partial charge in [-0.3, -0.25) is 14.9 Å².